The Morgan fingerprint density at radius 1 is 0.900 bits per heavy atom. The highest BCUT2D eigenvalue weighted by Gasteiger charge is 2.62. The van der Waals surface area contributed by atoms with Crippen molar-refractivity contribution in [2.24, 2.45) is 58.7 Å². The van der Waals surface area contributed by atoms with Crippen LogP contribution in [0.2, 0.25) is 0 Å². The Balaban J connectivity index is 1.28. The molecular weight excluding hydrogens is 370 g/mol. The number of fused-ring (bicyclic) bond motifs is 8. The van der Waals surface area contributed by atoms with E-state index in [1.807, 2.05) is 0 Å². The Morgan fingerprint density at radius 2 is 1.70 bits per heavy atom. The van der Waals surface area contributed by atoms with Gasteiger partial charge in [0.2, 0.25) is 0 Å². The molecule has 0 unspecified atom stereocenters. The summed E-state index contributed by atoms with van der Waals surface area (Å²) in [6, 6.07) is 0.839. The van der Waals surface area contributed by atoms with Gasteiger partial charge >= 0.3 is 0 Å². The molecule has 2 heterocycles. The van der Waals surface area contributed by atoms with Crippen molar-refractivity contribution >= 4 is 5.78 Å². The van der Waals surface area contributed by atoms with E-state index in [0.29, 0.717) is 11.7 Å². The molecule has 6 fully saturated rings. The third-order valence-electron chi connectivity index (χ3n) is 11.8. The van der Waals surface area contributed by atoms with Gasteiger partial charge < -0.3 is 5.11 Å². The Morgan fingerprint density at radius 3 is 2.53 bits per heavy atom. The number of rotatable bonds is 0. The van der Waals surface area contributed by atoms with Crippen LogP contribution in [0.3, 0.4) is 0 Å². The number of ketones is 1. The fourth-order valence-corrected chi connectivity index (χ4v) is 10.3. The number of carbonyl (C=O) groups is 1. The van der Waals surface area contributed by atoms with Gasteiger partial charge in [-0.05, 0) is 104 Å². The molecule has 6 aliphatic rings. The van der Waals surface area contributed by atoms with Gasteiger partial charge in [0.25, 0.3) is 0 Å². The molecule has 4 saturated carbocycles. The first kappa shape index (κ1) is 20.2. The van der Waals surface area contributed by atoms with Gasteiger partial charge in [0.15, 0.2) is 0 Å². The zero-order chi connectivity index (χ0) is 20.8. The fourth-order valence-electron chi connectivity index (χ4n) is 10.3. The molecular formula is C27H43NO2. The summed E-state index contributed by atoms with van der Waals surface area (Å²) in [5.41, 5.74) is 0.161. The summed E-state index contributed by atoms with van der Waals surface area (Å²) in [6.07, 6.45) is 10.3. The molecule has 6 rings (SSSR count). The average Bonchev–Trinajstić information content (AvgIpc) is 3.09. The lowest BCUT2D eigenvalue weighted by molar-refractivity contribution is -0.145. The smallest absolute Gasteiger partial charge is 0.136 e. The number of aliphatic hydroxyl groups excluding tert-OH is 1. The SMILES string of the molecule is C[C@@H]1CC[C@H]2[C@H](C)[C@H]3CC[C@@H]4[C@@H](C[C@H]5[C@H]4CC(=O)[C@H]4C[C@@H](O)CC[C@@]45C)[C@H]3CN2C1. The van der Waals surface area contributed by atoms with Crippen LogP contribution in [0.4, 0.5) is 0 Å². The summed E-state index contributed by atoms with van der Waals surface area (Å²) in [6.45, 7) is 10.1. The van der Waals surface area contributed by atoms with Crippen molar-refractivity contribution < 1.29 is 9.90 Å². The standard InChI is InChI=1S/C27H43NO2/c1-15-4-7-25-16(2)18-5-6-19-20(22(18)14-28(25)13-15)11-23-21(19)12-26(30)24-10-17(29)8-9-27(23,24)3/h15-25,29H,4-14H2,1-3H3/t15-,16-,17+,18-,19-,20-,21+,22+,23+,24-,25+,27-/m1/s1. The van der Waals surface area contributed by atoms with Gasteiger partial charge in [0.05, 0.1) is 6.10 Å². The lowest BCUT2D eigenvalue weighted by Crippen LogP contribution is -2.58. The highest BCUT2D eigenvalue weighted by molar-refractivity contribution is 5.83. The van der Waals surface area contributed by atoms with Gasteiger partial charge in [-0.3, -0.25) is 9.69 Å². The minimum Gasteiger partial charge on any atom is -0.393 e. The van der Waals surface area contributed by atoms with Crippen molar-refractivity contribution in [1.82, 2.24) is 4.90 Å². The Labute approximate surface area is 183 Å². The van der Waals surface area contributed by atoms with E-state index in [9.17, 15) is 9.90 Å². The Hall–Kier alpha value is -0.410. The molecule has 2 aliphatic heterocycles. The van der Waals surface area contributed by atoms with E-state index in [-0.39, 0.29) is 17.4 Å². The van der Waals surface area contributed by atoms with Crippen LogP contribution in [0.5, 0.6) is 0 Å². The number of hydrogen-bond donors (Lipinski definition) is 1. The zero-order valence-electron chi connectivity index (χ0n) is 19.4. The van der Waals surface area contributed by atoms with Crippen LogP contribution >= 0.6 is 0 Å². The van der Waals surface area contributed by atoms with Crippen LogP contribution in [0, 0.1) is 58.7 Å². The van der Waals surface area contributed by atoms with Crippen molar-refractivity contribution in [2.45, 2.75) is 90.7 Å². The maximum atomic E-state index is 13.2. The quantitative estimate of drug-likeness (QED) is 0.622. The molecule has 168 valence electrons. The fraction of sp³-hybridized carbons (Fsp3) is 0.963. The van der Waals surface area contributed by atoms with E-state index in [2.05, 4.69) is 25.7 Å². The molecule has 4 aliphatic carbocycles. The third kappa shape index (κ3) is 2.79. The molecule has 0 aromatic carbocycles. The summed E-state index contributed by atoms with van der Waals surface area (Å²) in [4.78, 5) is 16.1. The van der Waals surface area contributed by atoms with Gasteiger partial charge in [-0.25, -0.2) is 0 Å². The van der Waals surface area contributed by atoms with Crippen LogP contribution in [-0.2, 0) is 4.79 Å². The lowest BCUT2D eigenvalue weighted by Gasteiger charge is -2.56. The van der Waals surface area contributed by atoms with E-state index < -0.39 is 0 Å². The minimum atomic E-state index is -0.242. The zero-order valence-corrected chi connectivity index (χ0v) is 19.4. The van der Waals surface area contributed by atoms with E-state index in [1.165, 1.54) is 45.2 Å². The molecule has 30 heavy (non-hydrogen) atoms. The normalized spacial score (nSPS) is 58.3. The summed E-state index contributed by atoms with van der Waals surface area (Å²) < 4.78 is 0. The van der Waals surface area contributed by atoms with Gasteiger partial charge in [-0.2, -0.15) is 0 Å². The second kappa shape index (κ2) is 7.04. The van der Waals surface area contributed by atoms with Gasteiger partial charge in [0, 0.05) is 31.5 Å². The second-order valence-corrected chi connectivity index (χ2v) is 13.0. The summed E-state index contributed by atoms with van der Waals surface area (Å²) in [5, 5.41) is 10.3. The largest absolute Gasteiger partial charge is 0.393 e. The molecule has 0 radical (unpaired) electrons. The van der Waals surface area contributed by atoms with Gasteiger partial charge in [-0.15, -0.1) is 0 Å². The summed E-state index contributed by atoms with van der Waals surface area (Å²) in [5.74, 6) is 7.19. The lowest BCUT2D eigenvalue weighted by atomic mass is 9.51. The predicted octanol–water partition coefficient (Wildman–Crippen LogP) is 4.77. The highest BCUT2D eigenvalue weighted by Crippen LogP contribution is 2.66. The monoisotopic (exact) mass is 413 g/mol. The first-order valence-electron chi connectivity index (χ1n) is 13.3. The van der Waals surface area contributed by atoms with Crippen LogP contribution in [0.25, 0.3) is 0 Å². The Bertz CT molecular complexity index is 705. The van der Waals surface area contributed by atoms with Crippen LogP contribution < -0.4 is 0 Å². The molecule has 12 atom stereocenters. The molecule has 0 aromatic heterocycles. The number of aliphatic hydroxyl groups is 1. The van der Waals surface area contributed by atoms with Crippen molar-refractivity contribution in [2.75, 3.05) is 13.1 Å². The first-order chi connectivity index (χ1) is 14.4. The number of Topliss-reactive ketones (excluding diaryl/α,β-unsaturated/α-hetero) is 1. The number of carbonyl (C=O) groups excluding carboxylic acids is 1. The first-order valence-corrected chi connectivity index (χ1v) is 13.3. The number of nitrogens with zero attached hydrogens (tertiary/aromatic N) is 1. The number of piperidine rings is 2. The molecule has 0 amide bonds. The van der Waals surface area contributed by atoms with E-state index in [4.69, 9.17) is 0 Å². The molecule has 1 N–H and O–H groups in total. The van der Waals surface area contributed by atoms with Gasteiger partial charge in [0.1, 0.15) is 5.78 Å². The van der Waals surface area contributed by atoms with Crippen molar-refractivity contribution in [3.63, 3.8) is 0 Å². The average molecular weight is 414 g/mol. The van der Waals surface area contributed by atoms with Crippen molar-refractivity contribution in [3.8, 4) is 0 Å². The maximum absolute atomic E-state index is 13.2. The summed E-state index contributed by atoms with van der Waals surface area (Å²) >= 11 is 0. The van der Waals surface area contributed by atoms with Crippen molar-refractivity contribution in [3.05, 3.63) is 0 Å². The maximum Gasteiger partial charge on any atom is 0.136 e. The molecule has 3 nitrogen and oxygen atoms in total. The predicted molar refractivity (Wildman–Crippen MR) is 119 cm³/mol. The topological polar surface area (TPSA) is 40.5 Å². The van der Waals surface area contributed by atoms with Crippen molar-refractivity contribution in [1.29, 1.82) is 0 Å². The Kier molecular flexibility index (Phi) is 4.75. The molecule has 0 spiro atoms. The number of hydrogen-bond acceptors (Lipinski definition) is 3. The summed E-state index contributed by atoms with van der Waals surface area (Å²) in [7, 11) is 0. The molecule has 2 saturated heterocycles. The third-order valence-corrected chi connectivity index (χ3v) is 11.8. The highest BCUT2D eigenvalue weighted by atomic mass is 16.3. The minimum absolute atomic E-state index is 0.135. The molecule has 0 aromatic rings. The van der Waals surface area contributed by atoms with E-state index in [1.54, 1.807) is 0 Å². The molecule has 3 heteroatoms. The van der Waals surface area contributed by atoms with Crippen LogP contribution in [0.1, 0.15) is 78.6 Å². The van der Waals surface area contributed by atoms with E-state index in [0.717, 1.165) is 73.2 Å². The van der Waals surface area contributed by atoms with Gasteiger partial charge in [-0.1, -0.05) is 20.8 Å². The second-order valence-electron chi connectivity index (χ2n) is 13.0. The molecule has 0 bridgehead atoms. The van der Waals surface area contributed by atoms with E-state index >= 15 is 0 Å². The van der Waals surface area contributed by atoms with Crippen LogP contribution in [0.15, 0.2) is 0 Å². The van der Waals surface area contributed by atoms with Crippen LogP contribution in [-0.4, -0.2) is 41.0 Å².